The van der Waals surface area contributed by atoms with Gasteiger partial charge in [-0.2, -0.15) is 0 Å². The molecular weight excluding hydrogens is 663 g/mol. The van der Waals surface area contributed by atoms with Crippen molar-refractivity contribution < 1.29 is 37.6 Å². The van der Waals surface area contributed by atoms with Crippen LogP contribution >= 0.6 is 7.82 Å². The molecule has 294 valence electrons. The van der Waals surface area contributed by atoms with Crippen molar-refractivity contribution in [1.29, 1.82) is 0 Å². The number of hydrogen-bond donors (Lipinski definition) is 1. The molecule has 0 spiro atoms. The molecule has 0 saturated carbocycles. The average molecular weight is 737 g/mol. The zero-order valence-corrected chi connectivity index (χ0v) is 33.4. The summed E-state index contributed by atoms with van der Waals surface area (Å²) in [5.41, 5.74) is 0. The van der Waals surface area contributed by atoms with Gasteiger partial charge >= 0.3 is 19.8 Å². The minimum Gasteiger partial charge on any atom is -0.462 e. The largest absolute Gasteiger partial charge is 0.472 e. The Morgan fingerprint density at radius 3 is 1.53 bits per heavy atom. The molecule has 0 saturated heterocycles. The average Bonchev–Trinajstić information content (AvgIpc) is 3.10. The number of allylic oxidation sites excluding steroid dienone is 10. The Labute approximate surface area is 311 Å². The number of phosphoric acid groups is 1. The predicted molar refractivity (Wildman–Crippen MR) is 211 cm³/mol. The molecule has 1 N–H and O–H groups in total. The first-order chi connectivity index (χ1) is 24.8. The Kier molecular flexibility index (Phi) is 35.9. The highest BCUT2D eigenvalue weighted by atomic mass is 31.2. The molecule has 0 aromatic heterocycles. The fourth-order valence-electron chi connectivity index (χ4n) is 5.14. The van der Waals surface area contributed by atoms with E-state index in [0.717, 1.165) is 103 Å². The molecule has 0 rings (SSSR count). The lowest BCUT2D eigenvalue weighted by Gasteiger charge is -2.19. The van der Waals surface area contributed by atoms with Crippen LogP contribution in [0.1, 0.15) is 168 Å². The summed E-state index contributed by atoms with van der Waals surface area (Å²) in [6.45, 7) is 5.29. The van der Waals surface area contributed by atoms with Gasteiger partial charge in [0.1, 0.15) is 6.61 Å². The fraction of sp³-hybridized carbons (Fsp3) is 0.714. The molecular formula is C42H73O8P. The fourth-order valence-corrected chi connectivity index (χ4v) is 5.90. The number of carbonyl (C=O) groups excluding carboxylic acids is 2. The standard InChI is InChI=1S/C42H73O8P/c1-4-7-9-11-13-15-17-19-20-21-22-23-24-25-27-29-31-33-35-37-42(44)50-40(39-49-51(45,46)48-6-3)38-47-41(43)36-34-32-30-28-26-18-16-14-12-10-8-5-2/h7,9,13-16,19-20,22-23,40H,4-6,8,10-12,17-18,21,24-39H2,1-3H3,(H,45,46)/b9-7-,15-13-,16-14-,20-19-,23-22-. The van der Waals surface area contributed by atoms with E-state index in [0.29, 0.717) is 6.42 Å². The number of unbranched alkanes of at least 4 members (excludes halogenated alkanes) is 14. The topological polar surface area (TPSA) is 108 Å². The third kappa shape index (κ3) is 37.3. The zero-order chi connectivity index (χ0) is 37.5. The lowest BCUT2D eigenvalue weighted by Crippen LogP contribution is -2.29. The minimum absolute atomic E-state index is 0.00655. The van der Waals surface area contributed by atoms with Gasteiger partial charge in [-0.15, -0.1) is 0 Å². The summed E-state index contributed by atoms with van der Waals surface area (Å²) in [6, 6.07) is 0. The monoisotopic (exact) mass is 737 g/mol. The van der Waals surface area contributed by atoms with Gasteiger partial charge in [-0.3, -0.25) is 18.6 Å². The van der Waals surface area contributed by atoms with Gasteiger partial charge in [0.15, 0.2) is 6.10 Å². The molecule has 0 bridgehead atoms. The number of phosphoric ester groups is 1. The smallest absolute Gasteiger partial charge is 0.462 e. The molecule has 0 aliphatic rings. The van der Waals surface area contributed by atoms with E-state index in [-0.39, 0.29) is 32.0 Å². The summed E-state index contributed by atoms with van der Waals surface area (Å²) in [7, 11) is -4.28. The van der Waals surface area contributed by atoms with Crippen LogP contribution in [-0.4, -0.2) is 42.8 Å². The van der Waals surface area contributed by atoms with Gasteiger partial charge in [0.05, 0.1) is 13.2 Å². The van der Waals surface area contributed by atoms with Crippen LogP contribution in [0.25, 0.3) is 0 Å². The van der Waals surface area contributed by atoms with Crippen LogP contribution in [0.15, 0.2) is 60.8 Å². The molecule has 0 fully saturated rings. The van der Waals surface area contributed by atoms with E-state index < -0.39 is 26.5 Å². The van der Waals surface area contributed by atoms with E-state index in [2.05, 4.69) is 74.6 Å². The molecule has 2 unspecified atom stereocenters. The maximum Gasteiger partial charge on any atom is 0.472 e. The molecule has 0 aliphatic carbocycles. The van der Waals surface area contributed by atoms with Crippen molar-refractivity contribution in [3.63, 3.8) is 0 Å². The summed E-state index contributed by atoms with van der Waals surface area (Å²) >= 11 is 0. The van der Waals surface area contributed by atoms with Crippen LogP contribution in [0.2, 0.25) is 0 Å². The second kappa shape index (κ2) is 37.5. The number of hydrogen-bond acceptors (Lipinski definition) is 7. The van der Waals surface area contributed by atoms with Crippen LogP contribution in [-0.2, 0) is 32.7 Å². The maximum absolute atomic E-state index is 12.5. The number of carbonyl (C=O) groups is 2. The molecule has 51 heavy (non-hydrogen) atoms. The molecule has 9 heteroatoms. The van der Waals surface area contributed by atoms with E-state index in [9.17, 15) is 19.0 Å². The Balaban J connectivity index is 4.16. The van der Waals surface area contributed by atoms with E-state index >= 15 is 0 Å². The summed E-state index contributed by atoms with van der Waals surface area (Å²) in [6.07, 6.45) is 44.1. The van der Waals surface area contributed by atoms with Crippen molar-refractivity contribution in [2.45, 2.75) is 175 Å². The number of rotatable bonds is 36. The number of esters is 2. The molecule has 2 atom stereocenters. The highest BCUT2D eigenvalue weighted by Crippen LogP contribution is 2.43. The van der Waals surface area contributed by atoms with Gasteiger partial charge in [0.25, 0.3) is 0 Å². The summed E-state index contributed by atoms with van der Waals surface area (Å²) in [4.78, 5) is 34.6. The Morgan fingerprint density at radius 2 is 1.00 bits per heavy atom. The Hall–Kier alpha value is -2.25. The lowest BCUT2D eigenvalue weighted by atomic mass is 10.1. The van der Waals surface area contributed by atoms with Crippen molar-refractivity contribution in [3.05, 3.63) is 60.8 Å². The second-order valence-corrected chi connectivity index (χ2v) is 14.4. The number of ether oxygens (including phenoxy) is 2. The molecule has 0 amide bonds. The van der Waals surface area contributed by atoms with E-state index in [1.807, 2.05) is 0 Å². The SMILES string of the molecule is CC/C=C\C/C=C\C/C=C\C/C=C\CCCCCCCCC(=O)OC(COC(=O)CCCCCCC/C=C\CCCCC)COP(=O)(O)OCC. The highest BCUT2D eigenvalue weighted by Gasteiger charge is 2.25. The van der Waals surface area contributed by atoms with Gasteiger partial charge in [0.2, 0.25) is 0 Å². The molecule has 0 heterocycles. The van der Waals surface area contributed by atoms with Gasteiger partial charge in [-0.25, -0.2) is 4.57 Å². The van der Waals surface area contributed by atoms with Crippen molar-refractivity contribution in [1.82, 2.24) is 0 Å². The summed E-state index contributed by atoms with van der Waals surface area (Å²) in [5.74, 6) is -0.830. The highest BCUT2D eigenvalue weighted by molar-refractivity contribution is 7.47. The van der Waals surface area contributed by atoms with Crippen LogP contribution in [0, 0.1) is 0 Å². The summed E-state index contributed by atoms with van der Waals surface area (Å²) < 4.78 is 32.5. The Bertz CT molecular complexity index is 1020. The molecule has 8 nitrogen and oxygen atoms in total. The van der Waals surface area contributed by atoms with Crippen LogP contribution < -0.4 is 0 Å². The van der Waals surface area contributed by atoms with Gasteiger partial charge in [-0.05, 0) is 84.0 Å². The van der Waals surface area contributed by atoms with E-state index in [4.69, 9.17) is 18.5 Å². The predicted octanol–water partition coefficient (Wildman–Crippen LogP) is 12.4. The van der Waals surface area contributed by atoms with Crippen molar-refractivity contribution in [2.24, 2.45) is 0 Å². The molecule has 0 aromatic rings. The van der Waals surface area contributed by atoms with Crippen LogP contribution in [0.3, 0.4) is 0 Å². The lowest BCUT2D eigenvalue weighted by molar-refractivity contribution is -0.161. The quantitative estimate of drug-likeness (QED) is 0.0293. The van der Waals surface area contributed by atoms with Gasteiger partial charge < -0.3 is 14.4 Å². The van der Waals surface area contributed by atoms with Crippen molar-refractivity contribution >= 4 is 19.8 Å². The minimum atomic E-state index is -4.28. The molecule has 0 radical (unpaired) electrons. The first-order valence-corrected chi connectivity index (χ1v) is 21.6. The Morgan fingerprint density at radius 1 is 0.549 bits per heavy atom. The molecule has 0 aliphatic heterocycles. The maximum atomic E-state index is 12.5. The first-order valence-electron chi connectivity index (χ1n) is 20.1. The van der Waals surface area contributed by atoms with Gasteiger partial charge in [0, 0.05) is 12.8 Å². The van der Waals surface area contributed by atoms with E-state index in [1.165, 1.54) is 25.7 Å². The second-order valence-electron chi connectivity index (χ2n) is 12.9. The summed E-state index contributed by atoms with van der Waals surface area (Å²) in [5, 5.41) is 0. The molecule has 0 aromatic carbocycles. The first kappa shape index (κ1) is 48.8. The van der Waals surface area contributed by atoms with Gasteiger partial charge in [-0.1, -0.05) is 132 Å². The zero-order valence-electron chi connectivity index (χ0n) is 32.5. The van der Waals surface area contributed by atoms with Crippen LogP contribution in [0.4, 0.5) is 0 Å². The van der Waals surface area contributed by atoms with Crippen LogP contribution in [0.5, 0.6) is 0 Å². The third-order valence-electron chi connectivity index (χ3n) is 8.06. The third-order valence-corrected chi connectivity index (χ3v) is 9.12. The van der Waals surface area contributed by atoms with Crippen molar-refractivity contribution in [3.8, 4) is 0 Å². The van der Waals surface area contributed by atoms with Crippen molar-refractivity contribution in [2.75, 3.05) is 19.8 Å². The normalized spacial score (nSPS) is 14.0. The van der Waals surface area contributed by atoms with E-state index in [1.54, 1.807) is 6.92 Å².